The number of pyridine rings is 1. The van der Waals surface area contributed by atoms with Gasteiger partial charge in [-0.1, -0.05) is 59.2 Å². The number of nitrogen functional groups attached to an aromatic ring is 1. The van der Waals surface area contributed by atoms with Crippen molar-refractivity contribution in [3.05, 3.63) is 175 Å². The third kappa shape index (κ3) is 9.09. The number of para-hydroxylation sites is 1. The van der Waals surface area contributed by atoms with E-state index in [9.17, 15) is 29.4 Å². The zero-order valence-corrected chi connectivity index (χ0v) is 32.6. The van der Waals surface area contributed by atoms with Crippen LogP contribution in [-0.4, -0.2) is 30.8 Å². The number of hydrogen-bond donors (Lipinski definition) is 4. The summed E-state index contributed by atoms with van der Waals surface area (Å²) in [7, 11) is 0. The zero-order valence-electron chi connectivity index (χ0n) is 32.6. The first-order valence-electron chi connectivity index (χ1n) is 18.1. The van der Waals surface area contributed by atoms with Gasteiger partial charge in [0, 0.05) is 17.3 Å². The molecule has 0 aliphatic heterocycles. The van der Waals surface area contributed by atoms with E-state index in [4.69, 9.17) is 19.1 Å². The second kappa shape index (κ2) is 17.5. The van der Waals surface area contributed by atoms with E-state index in [0.29, 0.717) is 38.7 Å². The smallest absolute Gasteiger partial charge is 0.351 e. The van der Waals surface area contributed by atoms with Gasteiger partial charge in [-0.3, -0.25) is 10.6 Å². The van der Waals surface area contributed by atoms with E-state index >= 15 is 0 Å². The molecule has 14 nitrogen and oxygen atoms in total. The number of nitrogens with zero attached hydrogens (tertiary/aromatic N) is 3. The van der Waals surface area contributed by atoms with Crippen molar-refractivity contribution in [1.82, 2.24) is 14.8 Å². The summed E-state index contributed by atoms with van der Waals surface area (Å²) in [6.07, 6.45) is 1.70. The lowest BCUT2D eigenvalue weighted by molar-refractivity contribution is 0.101. The molecule has 4 aromatic carbocycles. The number of hydrazine groups is 1. The fourth-order valence-electron chi connectivity index (χ4n) is 6.11. The fourth-order valence-corrected chi connectivity index (χ4v) is 6.11. The molecule has 9 rings (SSSR count). The van der Waals surface area contributed by atoms with Gasteiger partial charge in [0.15, 0.2) is 11.6 Å². The highest BCUT2D eigenvalue weighted by Gasteiger charge is 2.19. The summed E-state index contributed by atoms with van der Waals surface area (Å²) in [6, 6.07) is 32.3. The average molecular weight is 794 g/mol. The molecular weight excluding hydrogens is 755 g/mol. The highest BCUT2D eigenvalue weighted by Crippen LogP contribution is 2.28. The largest absolute Gasteiger partial charge is 0.507 e. The SMILES string of the molecule is CC(=O)c1c(O)c2cc(C)ccc2oc1=O.Cc1ccc2oc(=O)c3c(C)n(-c4ccccn4)nc3c2c1.Cc1ccc2oc(=O)cc(O)c2c1.NNc1ccccc1. The molecule has 0 fully saturated rings. The van der Waals surface area contributed by atoms with Crippen LogP contribution in [0.5, 0.6) is 11.5 Å². The molecule has 0 atom stereocenters. The van der Waals surface area contributed by atoms with Crippen molar-refractivity contribution in [2.75, 3.05) is 5.43 Å². The van der Waals surface area contributed by atoms with Crippen molar-refractivity contribution in [2.24, 2.45) is 5.84 Å². The standard InChI is InChI=1S/C17H13N3O2.C12H10O4.C10H8O3.C6H8N2/c1-10-6-7-13-12(9-10)16-15(17(21)22-13)11(2)20(19-16)14-5-3-4-8-18-14;1-6-3-4-9-8(5-6)11(14)10(7(2)13)12(15)16-9;1-6-2-3-9-7(4-6)8(11)5-10(12)13-9;7-8-6-4-2-1-3-5-6/h3-9H,1-2H3;3-5,14H,1-2H3;2-5,11H,1H3;1-5,8H,7H2. The molecule has 0 saturated carbocycles. The summed E-state index contributed by atoms with van der Waals surface area (Å²) in [5, 5.41) is 26.2. The van der Waals surface area contributed by atoms with Gasteiger partial charge in [-0.25, -0.2) is 24.0 Å². The molecular formula is C45H39N5O9. The molecule has 0 unspecified atom stereocenters. The van der Waals surface area contributed by atoms with E-state index in [-0.39, 0.29) is 28.3 Å². The first kappa shape index (κ1) is 40.8. The molecule has 0 aliphatic rings. The number of rotatable bonds is 3. The normalized spacial score (nSPS) is 10.6. The lowest BCUT2D eigenvalue weighted by Gasteiger charge is -2.04. The molecule has 0 amide bonds. The number of carbonyl (C=O) groups excluding carboxylic acids is 1. The van der Waals surface area contributed by atoms with E-state index < -0.39 is 17.0 Å². The maximum absolute atomic E-state index is 12.3. The topological polar surface area (TPSA) is 217 Å². The Balaban J connectivity index is 0.000000140. The number of hydrogen-bond acceptors (Lipinski definition) is 13. The molecule has 5 aromatic heterocycles. The minimum absolute atomic E-state index is 0.0325. The van der Waals surface area contributed by atoms with E-state index in [2.05, 4.69) is 15.5 Å². The molecule has 0 aliphatic carbocycles. The Labute approximate surface area is 335 Å². The quantitative estimate of drug-likeness (QED) is 0.0579. The van der Waals surface area contributed by atoms with Gasteiger partial charge in [-0.15, -0.1) is 0 Å². The molecule has 14 heteroatoms. The van der Waals surface area contributed by atoms with Crippen LogP contribution in [0.4, 0.5) is 5.69 Å². The highest BCUT2D eigenvalue weighted by molar-refractivity contribution is 6.03. The van der Waals surface area contributed by atoms with Crippen molar-refractivity contribution in [3.63, 3.8) is 0 Å². The number of anilines is 1. The maximum Gasteiger partial charge on any atom is 0.351 e. The summed E-state index contributed by atoms with van der Waals surface area (Å²) in [4.78, 5) is 50.1. The van der Waals surface area contributed by atoms with Gasteiger partial charge in [0.25, 0.3) is 0 Å². The molecule has 0 radical (unpaired) electrons. The summed E-state index contributed by atoms with van der Waals surface area (Å²) < 4.78 is 16.9. The Morgan fingerprint density at radius 1 is 0.678 bits per heavy atom. The van der Waals surface area contributed by atoms with Crippen LogP contribution in [0, 0.1) is 27.7 Å². The van der Waals surface area contributed by atoms with Gasteiger partial charge in [0.2, 0.25) is 0 Å². The monoisotopic (exact) mass is 793 g/mol. The molecule has 9 aromatic rings. The first-order valence-corrected chi connectivity index (χ1v) is 18.1. The van der Waals surface area contributed by atoms with Gasteiger partial charge in [0.1, 0.15) is 44.7 Å². The minimum Gasteiger partial charge on any atom is -0.507 e. The van der Waals surface area contributed by atoms with Crippen molar-refractivity contribution in [1.29, 1.82) is 0 Å². The van der Waals surface area contributed by atoms with Crippen molar-refractivity contribution >= 4 is 55.3 Å². The summed E-state index contributed by atoms with van der Waals surface area (Å²) in [5.41, 5.74) is 7.09. The lowest BCUT2D eigenvalue weighted by atomic mass is 10.1. The highest BCUT2D eigenvalue weighted by atomic mass is 16.4. The number of fused-ring (bicyclic) bond motifs is 5. The number of nitrogens with one attached hydrogen (secondary N) is 1. The second-order valence-corrected chi connectivity index (χ2v) is 13.4. The molecule has 0 bridgehead atoms. The second-order valence-electron chi connectivity index (χ2n) is 13.4. The number of aryl methyl sites for hydroxylation is 4. The number of aromatic nitrogens is 3. The van der Waals surface area contributed by atoms with Gasteiger partial charge in [-0.2, -0.15) is 5.10 Å². The van der Waals surface area contributed by atoms with E-state index in [1.165, 1.54) is 6.92 Å². The summed E-state index contributed by atoms with van der Waals surface area (Å²) >= 11 is 0. The van der Waals surface area contributed by atoms with Crippen LogP contribution in [0.15, 0.2) is 143 Å². The molecule has 0 spiro atoms. The molecule has 59 heavy (non-hydrogen) atoms. The van der Waals surface area contributed by atoms with E-state index in [1.54, 1.807) is 47.3 Å². The number of carbonyl (C=O) groups is 1. The third-order valence-corrected chi connectivity index (χ3v) is 8.98. The van der Waals surface area contributed by atoms with Crippen molar-refractivity contribution in [2.45, 2.75) is 34.6 Å². The Bertz CT molecular complexity index is 3150. The van der Waals surface area contributed by atoms with E-state index in [0.717, 1.165) is 39.5 Å². The average Bonchev–Trinajstić information content (AvgIpc) is 3.58. The van der Waals surface area contributed by atoms with Crippen LogP contribution in [0.3, 0.4) is 0 Å². The number of nitrogens with two attached hydrogens (primary N) is 1. The molecule has 0 saturated heterocycles. The van der Waals surface area contributed by atoms with Crippen LogP contribution in [0.25, 0.3) is 49.6 Å². The predicted octanol–water partition coefficient (Wildman–Crippen LogP) is 7.93. The molecule has 5 heterocycles. The van der Waals surface area contributed by atoms with Gasteiger partial charge >= 0.3 is 16.9 Å². The summed E-state index contributed by atoms with van der Waals surface area (Å²) in [5.74, 6) is 4.94. The first-order chi connectivity index (χ1) is 28.2. The predicted molar refractivity (Wildman–Crippen MR) is 226 cm³/mol. The Morgan fingerprint density at radius 2 is 1.24 bits per heavy atom. The van der Waals surface area contributed by atoms with Crippen LogP contribution < -0.4 is 28.1 Å². The number of aromatic hydroxyl groups is 2. The van der Waals surface area contributed by atoms with Gasteiger partial charge < -0.3 is 28.9 Å². The Morgan fingerprint density at radius 3 is 1.81 bits per heavy atom. The number of ketones is 1. The van der Waals surface area contributed by atoms with E-state index in [1.807, 2.05) is 94.4 Å². The Kier molecular flexibility index (Phi) is 12.1. The van der Waals surface area contributed by atoms with Gasteiger partial charge in [-0.05, 0) is 95.3 Å². The van der Waals surface area contributed by atoms with Crippen molar-refractivity contribution < 1.29 is 28.3 Å². The van der Waals surface area contributed by atoms with Crippen LogP contribution >= 0.6 is 0 Å². The number of benzene rings is 4. The number of Topliss-reactive ketones (excluding diaryl/α,β-unsaturated/α-hetero) is 1. The lowest BCUT2D eigenvalue weighted by Crippen LogP contribution is -2.11. The third-order valence-electron chi connectivity index (χ3n) is 8.98. The van der Waals surface area contributed by atoms with Gasteiger partial charge in [0.05, 0.1) is 22.5 Å². The fraction of sp³-hybridized carbons (Fsp3) is 0.111. The minimum atomic E-state index is -0.804. The van der Waals surface area contributed by atoms with Crippen LogP contribution in [0.2, 0.25) is 0 Å². The molecule has 298 valence electrons. The molecule has 5 N–H and O–H groups in total. The van der Waals surface area contributed by atoms with Crippen molar-refractivity contribution in [3.8, 4) is 17.3 Å². The Hall–Kier alpha value is -7.84. The maximum atomic E-state index is 12.3. The van der Waals surface area contributed by atoms with Crippen LogP contribution in [-0.2, 0) is 0 Å². The summed E-state index contributed by atoms with van der Waals surface area (Å²) in [6.45, 7) is 8.82. The van der Waals surface area contributed by atoms with Crippen LogP contribution in [0.1, 0.15) is 39.7 Å². The zero-order chi connectivity index (χ0) is 42.4.